The van der Waals surface area contributed by atoms with E-state index in [2.05, 4.69) is 25.4 Å². The van der Waals surface area contributed by atoms with Gasteiger partial charge in [0.1, 0.15) is 11.8 Å². The van der Waals surface area contributed by atoms with Crippen LogP contribution in [0.5, 0.6) is 17.2 Å². The van der Waals surface area contributed by atoms with Crippen LogP contribution in [0.1, 0.15) is 23.0 Å². The number of pyridine rings is 1. The Balaban J connectivity index is 1.60. The zero-order chi connectivity index (χ0) is 25.1. The predicted molar refractivity (Wildman–Crippen MR) is 132 cm³/mol. The van der Waals surface area contributed by atoms with Gasteiger partial charge < -0.3 is 23.9 Å². The number of tetrazole rings is 1. The van der Waals surface area contributed by atoms with Gasteiger partial charge in [0.15, 0.2) is 17.3 Å². The molecule has 0 amide bonds. The third-order valence-corrected chi connectivity index (χ3v) is 6.38. The zero-order valence-electron chi connectivity index (χ0n) is 20.4. The maximum atomic E-state index is 13.4. The predicted octanol–water partition coefficient (Wildman–Crippen LogP) is 2.01. The van der Waals surface area contributed by atoms with Gasteiger partial charge in [-0.2, -0.15) is 0 Å². The molecule has 1 aliphatic rings. The Morgan fingerprint density at radius 3 is 2.42 bits per heavy atom. The summed E-state index contributed by atoms with van der Waals surface area (Å²) in [4.78, 5) is 18.6. The second kappa shape index (κ2) is 10.3. The Labute approximate surface area is 207 Å². The van der Waals surface area contributed by atoms with Gasteiger partial charge in [0.2, 0.25) is 0 Å². The molecule has 1 aliphatic heterocycles. The molecule has 1 fully saturated rings. The third-order valence-electron chi connectivity index (χ3n) is 6.38. The third kappa shape index (κ3) is 4.62. The molecule has 4 aromatic rings. The van der Waals surface area contributed by atoms with E-state index in [1.807, 2.05) is 36.4 Å². The molecule has 0 spiro atoms. The number of hydrogen-bond acceptors (Lipinski definition) is 9. The fraction of sp³-hybridized carbons (Fsp3) is 0.360. The van der Waals surface area contributed by atoms with Crippen LogP contribution < -0.4 is 19.8 Å². The molecule has 1 unspecified atom stereocenters. The van der Waals surface area contributed by atoms with Crippen molar-refractivity contribution >= 4 is 10.9 Å². The topological polar surface area (TPSA) is 117 Å². The van der Waals surface area contributed by atoms with Gasteiger partial charge in [-0.15, -0.1) is 5.10 Å². The van der Waals surface area contributed by atoms with Crippen LogP contribution in [0, 0.1) is 0 Å². The van der Waals surface area contributed by atoms with Crippen molar-refractivity contribution in [3.8, 4) is 17.2 Å². The molecule has 5 rings (SSSR count). The number of aromatic nitrogens is 5. The normalized spacial score (nSPS) is 15.1. The average molecular weight is 493 g/mol. The van der Waals surface area contributed by atoms with Gasteiger partial charge >= 0.3 is 0 Å². The molecule has 1 saturated heterocycles. The van der Waals surface area contributed by atoms with E-state index in [0.717, 1.165) is 16.7 Å². The van der Waals surface area contributed by atoms with Gasteiger partial charge in [0, 0.05) is 30.1 Å². The summed E-state index contributed by atoms with van der Waals surface area (Å²) in [7, 11) is 4.78. The lowest BCUT2D eigenvalue weighted by Crippen LogP contribution is -2.42. The molecule has 3 heterocycles. The van der Waals surface area contributed by atoms with Crippen molar-refractivity contribution in [2.75, 3.05) is 47.6 Å². The lowest BCUT2D eigenvalue weighted by atomic mass is 10.0. The smallest absolute Gasteiger partial charge is 0.253 e. The van der Waals surface area contributed by atoms with E-state index in [0.29, 0.717) is 61.3 Å². The average Bonchev–Trinajstić information content (AvgIpc) is 3.37. The van der Waals surface area contributed by atoms with Crippen LogP contribution in [0.15, 0.2) is 47.3 Å². The number of ether oxygens (including phenoxy) is 4. The molecule has 11 nitrogen and oxygen atoms in total. The van der Waals surface area contributed by atoms with Crippen molar-refractivity contribution in [1.82, 2.24) is 30.1 Å². The second-order valence-electron chi connectivity index (χ2n) is 8.44. The van der Waals surface area contributed by atoms with Crippen molar-refractivity contribution < 1.29 is 18.9 Å². The Morgan fingerprint density at radius 2 is 1.72 bits per heavy atom. The summed E-state index contributed by atoms with van der Waals surface area (Å²) in [6.07, 6.45) is 0. The molecule has 36 heavy (non-hydrogen) atoms. The number of nitrogens with zero attached hydrogens (tertiary/aromatic N) is 5. The minimum atomic E-state index is -0.469. The number of nitrogens with one attached hydrogen (secondary N) is 1. The van der Waals surface area contributed by atoms with Gasteiger partial charge in [-0.25, -0.2) is 4.68 Å². The first-order chi connectivity index (χ1) is 17.6. The zero-order valence-corrected chi connectivity index (χ0v) is 20.4. The summed E-state index contributed by atoms with van der Waals surface area (Å²) >= 11 is 0. The lowest BCUT2D eigenvalue weighted by molar-refractivity contribution is 0.0214. The van der Waals surface area contributed by atoms with Gasteiger partial charge in [-0.3, -0.25) is 9.69 Å². The summed E-state index contributed by atoms with van der Waals surface area (Å²) in [5.41, 5.74) is 1.99. The van der Waals surface area contributed by atoms with E-state index in [1.165, 1.54) is 0 Å². The Morgan fingerprint density at radius 1 is 1.00 bits per heavy atom. The molecular formula is C25H28N6O5. The summed E-state index contributed by atoms with van der Waals surface area (Å²) in [5.74, 6) is 2.48. The van der Waals surface area contributed by atoms with Crippen molar-refractivity contribution in [3.63, 3.8) is 0 Å². The SMILES string of the molecule is COc1ccc(Cn2nnnc2C(c2cc3cc(OC)c(OC)cc3[nH]c2=O)N2CCOCC2)cc1. The van der Waals surface area contributed by atoms with Crippen molar-refractivity contribution in [3.05, 3.63) is 69.8 Å². The summed E-state index contributed by atoms with van der Waals surface area (Å²) in [6, 6.07) is 12.8. The second-order valence-corrected chi connectivity index (χ2v) is 8.44. The molecule has 0 aliphatic carbocycles. The fourth-order valence-corrected chi connectivity index (χ4v) is 4.51. The standard InChI is InChI=1S/C25H28N6O5/c1-33-18-6-4-16(5-7-18)15-31-24(27-28-29-31)23(30-8-10-36-11-9-30)19-12-17-13-21(34-2)22(35-3)14-20(17)26-25(19)32/h4-7,12-14,23H,8-11,15H2,1-3H3,(H,26,32). The summed E-state index contributed by atoms with van der Waals surface area (Å²) in [6.45, 7) is 2.86. The van der Waals surface area contributed by atoms with Gasteiger partial charge in [0.25, 0.3) is 5.56 Å². The highest BCUT2D eigenvalue weighted by atomic mass is 16.5. The molecule has 0 radical (unpaired) electrons. The Bertz CT molecular complexity index is 1390. The highest BCUT2D eigenvalue weighted by Crippen LogP contribution is 2.33. The minimum Gasteiger partial charge on any atom is -0.497 e. The number of aromatic amines is 1. The van der Waals surface area contributed by atoms with Crippen LogP contribution in [0.2, 0.25) is 0 Å². The number of morpholine rings is 1. The lowest BCUT2D eigenvalue weighted by Gasteiger charge is -2.33. The molecule has 188 valence electrons. The Kier molecular flexibility index (Phi) is 6.83. The van der Waals surface area contributed by atoms with Crippen molar-refractivity contribution in [2.24, 2.45) is 0 Å². The molecule has 11 heteroatoms. The molecular weight excluding hydrogens is 464 g/mol. The summed E-state index contributed by atoms with van der Waals surface area (Å²) in [5, 5.41) is 13.4. The van der Waals surface area contributed by atoms with Gasteiger partial charge in [0.05, 0.1) is 46.6 Å². The van der Waals surface area contributed by atoms with E-state index in [1.54, 1.807) is 32.1 Å². The first-order valence-corrected chi connectivity index (χ1v) is 11.6. The number of H-pyrrole nitrogens is 1. The molecule has 2 aromatic carbocycles. The summed E-state index contributed by atoms with van der Waals surface area (Å²) < 4.78 is 23.4. The van der Waals surface area contributed by atoms with Crippen LogP contribution in [0.3, 0.4) is 0 Å². The highest BCUT2D eigenvalue weighted by Gasteiger charge is 2.31. The Hall–Kier alpha value is -3.96. The number of benzene rings is 2. The maximum Gasteiger partial charge on any atom is 0.253 e. The monoisotopic (exact) mass is 492 g/mol. The first kappa shape index (κ1) is 23.8. The van der Waals surface area contributed by atoms with E-state index in [4.69, 9.17) is 18.9 Å². The molecule has 1 N–H and O–H groups in total. The molecule has 2 aromatic heterocycles. The van der Waals surface area contributed by atoms with Crippen LogP contribution in [-0.2, 0) is 11.3 Å². The molecule has 0 bridgehead atoms. The quantitative estimate of drug-likeness (QED) is 0.394. The number of fused-ring (bicyclic) bond motifs is 1. The number of hydrogen-bond donors (Lipinski definition) is 1. The number of rotatable bonds is 8. The van der Waals surface area contributed by atoms with Crippen molar-refractivity contribution in [1.29, 1.82) is 0 Å². The fourth-order valence-electron chi connectivity index (χ4n) is 4.51. The van der Waals surface area contributed by atoms with Crippen molar-refractivity contribution in [2.45, 2.75) is 12.6 Å². The van der Waals surface area contributed by atoms with E-state index in [9.17, 15) is 4.79 Å². The minimum absolute atomic E-state index is 0.217. The van der Waals surface area contributed by atoms with E-state index >= 15 is 0 Å². The van der Waals surface area contributed by atoms with Crippen LogP contribution in [-0.4, -0.2) is 77.7 Å². The largest absolute Gasteiger partial charge is 0.497 e. The van der Waals surface area contributed by atoms with E-state index in [-0.39, 0.29) is 5.56 Å². The number of methoxy groups -OCH3 is 3. The van der Waals surface area contributed by atoms with E-state index < -0.39 is 6.04 Å². The van der Waals surface area contributed by atoms with Crippen LogP contribution in [0.25, 0.3) is 10.9 Å². The first-order valence-electron chi connectivity index (χ1n) is 11.6. The molecule has 1 atom stereocenters. The van der Waals surface area contributed by atoms with Gasteiger partial charge in [-0.1, -0.05) is 12.1 Å². The van der Waals surface area contributed by atoms with Crippen LogP contribution in [0.4, 0.5) is 0 Å². The van der Waals surface area contributed by atoms with Crippen LogP contribution >= 0.6 is 0 Å². The van der Waals surface area contributed by atoms with Gasteiger partial charge in [-0.05, 0) is 40.3 Å². The maximum absolute atomic E-state index is 13.4. The highest BCUT2D eigenvalue weighted by molar-refractivity contribution is 5.83. The molecule has 0 saturated carbocycles.